The van der Waals surface area contributed by atoms with Crippen molar-refractivity contribution in [3.63, 3.8) is 0 Å². The van der Waals surface area contributed by atoms with Gasteiger partial charge in [-0.15, -0.1) is 0 Å². The van der Waals surface area contributed by atoms with Gasteiger partial charge in [-0.25, -0.2) is 0 Å². The largest absolute Gasteiger partial charge is 0.352 e. The molecule has 1 aliphatic rings. The standard InChI is InChI=1S/C13H21N3OS/c1-3-11-10(8-16(2)15-11)7-14-12(17)6-13(9-18)4-5-13/h8,18H,3-7,9H2,1-2H3,(H,14,17). The first-order valence-corrected chi connectivity index (χ1v) is 7.11. The first-order valence-electron chi connectivity index (χ1n) is 6.47. The molecule has 0 bridgehead atoms. The van der Waals surface area contributed by atoms with Gasteiger partial charge in [-0.3, -0.25) is 9.48 Å². The number of carbonyl (C=O) groups is 1. The third kappa shape index (κ3) is 3.07. The summed E-state index contributed by atoms with van der Waals surface area (Å²) < 4.78 is 1.80. The van der Waals surface area contributed by atoms with Crippen LogP contribution in [-0.4, -0.2) is 21.4 Å². The molecular weight excluding hydrogens is 246 g/mol. The Morgan fingerprint density at radius 1 is 1.61 bits per heavy atom. The highest BCUT2D eigenvalue weighted by molar-refractivity contribution is 7.80. The first kappa shape index (κ1) is 13.5. The average Bonchev–Trinajstić information content (AvgIpc) is 3.02. The molecule has 1 aliphatic carbocycles. The number of rotatable bonds is 6. The highest BCUT2D eigenvalue weighted by atomic mass is 32.1. The second-order valence-electron chi connectivity index (χ2n) is 5.24. The maximum atomic E-state index is 11.9. The van der Waals surface area contributed by atoms with Crippen LogP contribution in [0, 0.1) is 5.41 Å². The monoisotopic (exact) mass is 267 g/mol. The predicted octanol–water partition coefficient (Wildman–Crippen LogP) is 1.70. The number of nitrogens with zero attached hydrogens (tertiary/aromatic N) is 2. The summed E-state index contributed by atoms with van der Waals surface area (Å²) in [6.45, 7) is 2.66. The fraction of sp³-hybridized carbons (Fsp3) is 0.692. The van der Waals surface area contributed by atoms with Crippen molar-refractivity contribution in [2.75, 3.05) is 5.75 Å². The lowest BCUT2D eigenvalue weighted by atomic mass is 10.1. The minimum absolute atomic E-state index is 0.132. The van der Waals surface area contributed by atoms with Gasteiger partial charge in [0.05, 0.1) is 5.69 Å². The van der Waals surface area contributed by atoms with Crippen LogP contribution in [0.4, 0.5) is 0 Å². The van der Waals surface area contributed by atoms with Gasteiger partial charge in [-0.2, -0.15) is 17.7 Å². The lowest BCUT2D eigenvalue weighted by Gasteiger charge is -2.11. The van der Waals surface area contributed by atoms with Crippen molar-refractivity contribution < 1.29 is 4.79 Å². The van der Waals surface area contributed by atoms with Crippen LogP contribution < -0.4 is 5.32 Å². The topological polar surface area (TPSA) is 46.9 Å². The summed E-state index contributed by atoms with van der Waals surface area (Å²) in [5, 5.41) is 7.35. The molecule has 1 fully saturated rings. The van der Waals surface area contributed by atoms with Gasteiger partial charge in [-0.05, 0) is 30.4 Å². The summed E-state index contributed by atoms with van der Waals surface area (Å²) >= 11 is 4.32. The molecule has 0 spiro atoms. The molecule has 1 N–H and O–H groups in total. The molecule has 1 heterocycles. The zero-order valence-electron chi connectivity index (χ0n) is 11.1. The third-order valence-electron chi connectivity index (χ3n) is 3.63. The summed E-state index contributed by atoms with van der Waals surface area (Å²) in [7, 11) is 1.91. The van der Waals surface area contributed by atoms with Crippen LogP contribution in [0.3, 0.4) is 0 Å². The molecular formula is C13H21N3OS. The van der Waals surface area contributed by atoms with E-state index in [0.29, 0.717) is 13.0 Å². The van der Waals surface area contributed by atoms with Gasteiger partial charge in [0, 0.05) is 31.8 Å². The molecule has 1 aromatic heterocycles. The highest BCUT2D eigenvalue weighted by Crippen LogP contribution is 2.49. The van der Waals surface area contributed by atoms with Gasteiger partial charge in [0.25, 0.3) is 0 Å². The highest BCUT2D eigenvalue weighted by Gasteiger charge is 2.42. The Morgan fingerprint density at radius 2 is 2.33 bits per heavy atom. The fourth-order valence-electron chi connectivity index (χ4n) is 2.19. The van der Waals surface area contributed by atoms with E-state index in [1.807, 2.05) is 13.2 Å². The Labute approximate surface area is 114 Å². The smallest absolute Gasteiger partial charge is 0.220 e. The molecule has 1 aromatic rings. The van der Waals surface area contributed by atoms with Gasteiger partial charge in [-0.1, -0.05) is 6.92 Å². The van der Waals surface area contributed by atoms with Crippen molar-refractivity contribution >= 4 is 18.5 Å². The maximum Gasteiger partial charge on any atom is 0.220 e. The molecule has 0 aromatic carbocycles. The molecule has 0 atom stereocenters. The number of aryl methyl sites for hydroxylation is 2. The minimum atomic E-state index is 0.132. The number of aromatic nitrogens is 2. The van der Waals surface area contributed by atoms with E-state index in [1.165, 1.54) is 0 Å². The van der Waals surface area contributed by atoms with Crippen LogP contribution >= 0.6 is 12.6 Å². The molecule has 2 rings (SSSR count). The average molecular weight is 267 g/mol. The van der Waals surface area contributed by atoms with E-state index >= 15 is 0 Å². The number of thiol groups is 1. The third-order valence-corrected chi connectivity index (χ3v) is 4.30. The molecule has 100 valence electrons. The van der Waals surface area contributed by atoms with Gasteiger partial charge < -0.3 is 5.32 Å². The minimum Gasteiger partial charge on any atom is -0.352 e. The summed E-state index contributed by atoms with van der Waals surface area (Å²) in [5.41, 5.74) is 2.37. The zero-order valence-corrected chi connectivity index (χ0v) is 12.0. The van der Waals surface area contributed by atoms with E-state index in [9.17, 15) is 4.79 Å². The predicted molar refractivity (Wildman–Crippen MR) is 74.6 cm³/mol. The van der Waals surface area contributed by atoms with E-state index in [2.05, 4.69) is 30.0 Å². The maximum absolute atomic E-state index is 11.9. The number of amides is 1. The number of carbonyl (C=O) groups excluding carboxylic acids is 1. The summed E-state index contributed by atoms with van der Waals surface area (Å²) in [6, 6.07) is 0. The fourth-order valence-corrected chi connectivity index (χ4v) is 2.62. The lowest BCUT2D eigenvalue weighted by Crippen LogP contribution is -2.26. The van der Waals surface area contributed by atoms with Crippen LogP contribution in [0.15, 0.2) is 6.20 Å². The first-order chi connectivity index (χ1) is 8.58. The van der Waals surface area contributed by atoms with Crippen molar-refractivity contribution in [1.82, 2.24) is 15.1 Å². The van der Waals surface area contributed by atoms with E-state index in [4.69, 9.17) is 0 Å². The molecule has 0 aliphatic heterocycles. The Morgan fingerprint density at radius 3 is 2.89 bits per heavy atom. The van der Waals surface area contributed by atoms with Gasteiger partial charge in [0.15, 0.2) is 0 Å². The summed E-state index contributed by atoms with van der Waals surface area (Å²) in [6.07, 6.45) is 5.75. The van der Waals surface area contributed by atoms with E-state index in [-0.39, 0.29) is 11.3 Å². The van der Waals surface area contributed by atoms with Crippen molar-refractivity contribution in [2.45, 2.75) is 39.2 Å². The van der Waals surface area contributed by atoms with Crippen LogP contribution in [0.1, 0.15) is 37.4 Å². The Kier molecular flexibility index (Phi) is 4.00. The molecule has 4 nitrogen and oxygen atoms in total. The van der Waals surface area contributed by atoms with E-state index in [0.717, 1.165) is 36.3 Å². The molecule has 0 unspecified atom stereocenters. The van der Waals surface area contributed by atoms with Crippen molar-refractivity contribution in [2.24, 2.45) is 12.5 Å². The molecule has 5 heteroatoms. The van der Waals surface area contributed by atoms with Gasteiger partial charge in [0.2, 0.25) is 5.91 Å². The van der Waals surface area contributed by atoms with Crippen LogP contribution in [0.5, 0.6) is 0 Å². The van der Waals surface area contributed by atoms with Crippen molar-refractivity contribution in [3.05, 3.63) is 17.5 Å². The van der Waals surface area contributed by atoms with E-state index in [1.54, 1.807) is 4.68 Å². The Hall–Kier alpha value is -0.970. The number of hydrogen-bond acceptors (Lipinski definition) is 3. The SMILES string of the molecule is CCc1nn(C)cc1CNC(=O)CC1(CS)CC1. The van der Waals surface area contributed by atoms with Gasteiger partial charge in [0.1, 0.15) is 0 Å². The van der Waals surface area contributed by atoms with Crippen LogP contribution in [0.25, 0.3) is 0 Å². The molecule has 18 heavy (non-hydrogen) atoms. The summed E-state index contributed by atoms with van der Waals surface area (Å²) in [4.78, 5) is 11.9. The van der Waals surface area contributed by atoms with Crippen molar-refractivity contribution in [3.8, 4) is 0 Å². The zero-order chi connectivity index (χ0) is 13.2. The number of hydrogen-bond donors (Lipinski definition) is 2. The molecule has 0 radical (unpaired) electrons. The molecule has 1 amide bonds. The van der Waals surface area contributed by atoms with E-state index < -0.39 is 0 Å². The van der Waals surface area contributed by atoms with Crippen LogP contribution in [0.2, 0.25) is 0 Å². The van der Waals surface area contributed by atoms with Gasteiger partial charge >= 0.3 is 0 Å². The molecule has 0 saturated heterocycles. The Balaban J connectivity index is 1.85. The quantitative estimate of drug-likeness (QED) is 0.771. The van der Waals surface area contributed by atoms with Crippen LogP contribution in [-0.2, 0) is 24.8 Å². The second kappa shape index (κ2) is 5.34. The lowest BCUT2D eigenvalue weighted by molar-refractivity contribution is -0.122. The summed E-state index contributed by atoms with van der Waals surface area (Å²) in [5.74, 6) is 0.945. The Bertz CT molecular complexity index is 437. The molecule has 1 saturated carbocycles. The number of nitrogens with one attached hydrogen (secondary N) is 1. The van der Waals surface area contributed by atoms with Crippen molar-refractivity contribution in [1.29, 1.82) is 0 Å². The second-order valence-corrected chi connectivity index (χ2v) is 5.56. The normalized spacial score (nSPS) is 16.6.